The number of carbonyl (C=O) groups is 1. The lowest BCUT2D eigenvalue weighted by Gasteiger charge is -2.33. The Morgan fingerprint density at radius 1 is 1.10 bits per heavy atom. The van der Waals surface area contributed by atoms with Crippen molar-refractivity contribution < 1.29 is 22.5 Å². The summed E-state index contributed by atoms with van der Waals surface area (Å²) in [5, 5.41) is 5.81. The van der Waals surface area contributed by atoms with E-state index in [2.05, 4.69) is 15.0 Å². The number of benzene rings is 1. The van der Waals surface area contributed by atoms with Crippen molar-refractivity contribution >= 4 is 17.2 Å². The fraction of sp³-hybridized carbons (Fsp3) is 0.316. The summed E-state index contributed by atoms with van der Waals surface area (Å²) in [5.74, 6) is 0.682. The zero-order valence-electron chi connectivity index (χ0n) is 15.2. The molecule has 152 valence electrons. The smallest absolute Gasteiger partial charge is 0.335 e. The van der Waals surface area contributed by atoms with Crippen LogP contribution in [0.15, 0.2) is 46.3 Å². The molecular formula is C19H17F3N4O2S. The summed E-state index contributed by atoms with van der Waals surface area (Å²) in [6.45, 7) is 3.04. The van der Waals surface area contributed by atoms with Gasteiger partial charge in [0.1, 0.15) is 0 Å². The second-order valence-corrected chi connectivity index (χ2v) is 7.58. The molecule has 1 aliphatic rings. The lowest BCUT2D eigenvalue weighted by Crippen LogP contribution is -2.48. The fourth-order valence-electron chi connectivity index (χ4n) is 3.10. The quantitative estimate of drug-likeness (QED) is 0.641. The molecule has 0 spiro atoms. The van der Waals surface area contributed by atoms with Gasteiger partial charge in [-0.15, -0.1) is 11.3 Å². The number of piperazine rings is 1. The monoisotopic (exact) mass is 422 g/mol. The first-order valence-corrected chi connectivity index (χ1v) is 9.83. The number of amides is 1. The molecule has 4 rings (SSSR count). The van der Waals surface area contributed by atoms with Crippen molar-refractivity contribution in [1.29, 1.82) is 0 Å². The molecule has 29 heavy (non-hydrogen) atoms. The molecule has 6 nitrogen and oxygen atoms in total. The first-order valence-electron chi connectivity index (χ1n) is 8.95. The molecule has 1 aromatic carbocycles. The second-order valence-electron chi connectivity index (χ2n) is 6.64. The molecule has 0 radical (unpaired) electrons. The normalized spacial score (nSPS) is 15.6. The number of rotatable bonds is 4. The predicted molar refractivity (Wildman–Crippen MR) is 100 cm³/mol. The molecular weight excluding hydrogens is 405 g/mol. The van der Waals surface area contributed by atoms with Gasteiger partial charge in [0.15, 0.2) is 5.82 Å². The molecule has 1 aliphatic heterocycles. The molecule has 1 fully saturated rings. The van der Waals surface area contributed by atoms with Crippen molar-refractivity contribution in [1.82, 2.24) is 19.9 Å². The molecule has 0 aliphatic carbocycles. The van der Waals surface area contributed by atoms with Gasteiger partial charge in [0.05, 0.1) is 17.0 Å². The van der Waals surface area contributed by atoms with Gasteiger partial charge in [-0.05, 0) is 35.7 Å². The SMILES string of the molecule is O=C(c1cccs1)N1CCN(Cc2noc(-c3ccc(C(F)(F)F)cc3)n2)CC1. The van der Waals surface area contributed by atoms with E-state index in [-0.39, 0.29) is 11.8 Å². The predicted octanol–water partition coefficient (Wildman–Crippen LogP) is 3.77. The number of aromatic nitrogens is 2. The number of hydrogen-bond acceptors (Lipinski definition) is 6. The van der Waals surface area contributed by atoms with E-state index in [0.717, 1.165) is 17.0 Å². The van der Waals surface area contributed by atoms with Crippen LogP contribution in [0.1, 0.15) is 21.1 Å². The highest BCUT2D eigenvalue weighted by molar-refractivity contribution is 7.12. The van der Waals surface area contributed by atoms with E-state index in [1.807, 2.05) is 22.4 Å². The highest BCUT2D eigenvalue weighted by Gasteiger charge is 2.30. The summed E-state index contributed by atoms with van der Waals surface area (Å²) in [5.41, 5.74) is -0.293. The van der Waals surface area contributed by atoms with E-state index in [1.165, 1.54) is 23.5 Å². The number of alkyl halides is 3. The van der Waals surface area contributed by atoms with E-state index in [1.54, 1.807) is 0 Å². The van der Waals surface area contributed by atoms with Gasteiger partial charge in [-0.1, -0.05) is 11.2 Å². The van der Waals surface area contributed by atoms with Crippen LogP contribution in [0, 0.1) is 0 Å². The van der Waals surface area contributed by atoms with Gasteiger partial charge < -0.3 is 9.42 Å². The zero-order valence-corrected chi connectivity index (χ0v) is 16.0. The van der Waals surface area contributed by atoms with Crippen LogP contribution in [0.2, 0.25) is 0 Å². The van der Waals surface area contributed by atoms with Crippen LogP contribution in [0.4, 0.5) is 13.2 Å². The van der Waals surface area contributed by atoms with Gasteiger partial charge in [-0.25, -0.2) is 0 Å². The maximum Gasteiger partial charge on any atom is 0.416 e. The Hall–Kier alpha value is -2.72. The standard InChI is InChI=1S/C19H17F3N4O2S/c20-19(21,22)14-5-3-13(4-6-14)17-23-16(24-28-17)12-25-7-9-26(10-8-25)18(27)15-2-1-11-29-15/h1-6,11H,7-10,12H2. The number of carbonyl (C=O) groups excluding carboxylic acids is 1. The maximum absolute atomic E-state index is 12.7. The largest absolute Gasteiger partial charge is 0.416 e. The molecule has 1 amide bonds. The van der Waals surface area contributed by atoms with E-state index < -0.39 is 11.7 Å². The number of nitrogens with zero attached hydrogens (tertiary/aromatic N) is 4. The average molecular weight is 422 g/mol. The van der Waals surface area contributed by atoms with Gasteiger partial charge >= 0.3 is 6.18 Å². The fourth-order valence-corrected chi connectivity index (χ4v) is 3.79. The lowest BCUT2D eigenvalue weighted by atomic mass is 10.1. The Morgan fingerprint density at radius 3 is 2.45 bits per heavy atom. The summed E-state index contributed by atoms with van der Waals surface area (Å²) >= 11 is 1.43. The minimum absolute atomic E-state index is 0.0452. The van der Waals surface area contributed by atoms with Gasteiger partial charge in [-0.3, -0.25) is 9.69 Å². The van der Waals surface area contributed by atoms with Crippen LogP contribution >= 0.6 is 11.3 Å². The minimum atomic E-state index is -4.38. The molecule has 1 saturated heterocycles. The van der Waals surface area contributed by atoms with Crippen LogP contribution < -0.4 is 0 Å². The van der Waals surface area contributed by atoms with Crippen molar-refractivity contribution in [3.05, 3.63) is 58.0 Å². The number of halogens is 3. The summed E-state index contributed by atoms with van der Waals surface area (Å²) in [4.78, 5) is 21.3. The van der Waals surface area contributed by atoms with Crippen molar-refractivity contribution in [2.24, 2.45) is 0 Å². The molecule has 0 unspecified atom stereocenters. The van der Waals surface area contributed by atoms with E-state index in [0.29, 0.717) is 44.1 Å². The molecule has 0 N–H and O–H groups in total. The molecule has 0 saturated carbocycles. The van der Waals surface area contributed by atoms with Crippen molar-refractivity contribution in [2.45, 2.75) is 12.7 Å². The Morgan fingerprint density at radius 2 is 1.83 bits per heavy atom. The Balaban J connectivity index is 1.34. The van der Waals surface area contributed by atoms with E-state index in [9.17, 15) is 18.0 Å². The Labute approximate surface area is 168 Å². The van der Waals surface area contributed by atoms with E-state index >= 15 is 0 Å². The average Bonchev–Trinajstić information content (AvgIpc) is 3.40. The summed E-state index contributed by atoms with van der Waals surface area (Å²) in [7, 11) is 0. The molecule has 0 atom stereocenters. The highest BCUT2D eigenvalue weighted by Crippen LogP contribution is 2.30. The van der Waals surface area contributed by atoms with Crippen LogP contribution in [-0.4, -0.2) is 52.0 Å². The lowest BCUT2D eigenvalue weighted by molar-refractivity contribution is -0.137. The third-order valence-corrected chi connectivity index (χ3v) is 5.54. The summed E-state index contributed by atoms with van der Waals surface area (Å²) in [6.07, 6.45) is -4.38. The molecule has 3 heterocycles. The second kappa shape index (κ2) is 7.96. The molecule has 2 aromatic heterocycles. The van der Waals surface area contributed by atoms with Gasteiger partial charge in [0, 0.05) is 31.7 Å². The molecule has 0 bridgehead atoms. The highest BCUT2D eigenvalue weighted by atomic mass is 32.1. The van der Waals surface area contributed by atoms with Gasteiger partial charge in [-0.2, -0.15) is 18.2 Å². The molecule has 3 aromatic rings. The van der Waals surface area contributed by atoms with Gasteiger partial charge in [0.25, 0.3) is 11.8 Å². The first kappa shape index (κ1) is 19.6. The van der Waals surface area contributed by atoms with Crippen molar-refractivity contribution in [3.8, 4) is 11.5 Å². The molecule has 10 heteroatoms. The van der Waals surface area contributed by atoms with Crippen LogP contribution in [0.3, 0.4) is 0 Å². The maximum atomic E-state index is 12.7. The van der Waals surface area contributed by atoms with Crippen molar-refractivity contribution in [3.63, 3.8) is 0 Å². The van der Waals surface area contributed by atoms with Crippen molar-refractivity contribution in [2.75, 3.05) is 26.2 Å². The Bertz CT molecular complexity index is 962. The van der Waals surface area contributed by atoms with Crippen LogP contribution in [0.5, 0.6) is 0 Å². The van der Waals surface area contributed by atoms with E-state index in [4.69, 9.17) is 4.52 Å². The number of thiophene rings is 1. The third-order valence-electron chi connectivity index (χ3n) is 4.68. The Kier molecular flexibility index (Phi) is 5.37. The summed E-state index contributed by atoms with van der Waals surface area (Å²) in [6, 6.07) is 8.29. The summed E-state index contributed by atoms with van der Waals surface area (Å²) < 4.78 is 43.2. The zero-order chi connectivity index (χ0) is 20.4. The first-order chi connectivity index (χ1) is 13.9. The topological polar surface area (TPSA) is 62.5 Å². The number of hydrogen-bond donors (Lipinski definition) is 0. The van der Waals surface area contributed by atoms with Crippen LogP contribution in [-0.2, 0) is 12.7 Å². The minimum Gasteiger partial charge on any atom is -0.335 e. The van der Waals surface area contributed by atoms with Gasteiger partial charge in [0.2, 0.25) is 0 Å². The van der Waals surface area contributed by atoms with Crippen LogP contribution in [0.25, 0.3) is 11.5 Å². The third kappa shape index (κ3) is 4.48.